The number of carbonyl (C=O) groups excluding carboxylic acids is 1. The summed E-state index contributed by atoms with van der Waals surface area (Å²) in [7, 11) is 1.67. The number of hydrogen-bond acceptors (Lipinski definition) is 6. The van der Waals surface area contributed by atoms with Gasteiger partial charge in [0.05, 0.1) is 11.1 Å². The van der Waals surface area contributed by atoms with E-state index in [1.807, 2.05) is 41.8 Å². The van der Waals surface area contributed by atoms with Crippen molar-refractivity contribution in [2.24, 2.45) is 7.05 Å². The van der Waals surface area contributed by atoms with Crippen molar-refractivity contribution in [3.63, 3.8) is 0 Å². The van der Waals surface area contributed by atoms with Gasteiger partial charge in [-0.2, -0.15) is 0 Å². The van der Waals surface area contributed by atoms with E-state index >= 15 is 0 Å². The molecule has 0 bridgehead atoms. The lowest BCUT2D eigenvalue weighted by atomic mass is 10.2. The zero-order valence-electron chi connectivity index (χ0n) is 16.5. The molecule has 31 heavy (non-hydrogen) atoms. The number of aryl methyl sites for hydroxylation is 1. The number of para-hydroxylation sites is 2. The van der Waals surface area contributed by atoms with Crippen LogP contribution < -0.4 is 15.6 Å². The van der Waals surface area contributed by atoms with Gasteiger partial charge < -0.3 is 10.1 Å². The number of carbonyl (C=O) groups is 1. The van der Waals surface area contributed by atoms with Crippen molar-refractivity contribution in [3.8, 4) is 5.75 Å². The third-order valence-electron chi connectivity index (χ3n) is 4.92. The molecule has 9 heteroatoms. The highest BCUT2D eigenvalue weighted by Gasteiger charge is 2.17. The molecule has 1 N–H and O–H groups in total. The Labute approximate surface area is 180 Å². The largest absolute Gasteiger partial charge is 0.485 e. The lowest BCUT2D eigenvalue weighted by molar-refractivity contribution is 0.102. The lowest BCUT2D eigenvalue weighted by Crippen LogP contribution is -2.19. The van der Waals surface area contributed by atoms with E-state index < -0.39 is 0 Å². The van der Waals surface area contributed by atoms with Crippen molar-refractivity contribution in [1.82, 2.24) is 19.2 Å². The lowest BCUT2D eigenvalue weighted by Gasteiger charge is -2.11. The van der Waals surface area contributed by atoms with Gasteiger partial charge in [0.15, 0.2) is 5.82 Å². The average Bonchev–Trinajstić information content (AvgIpc) is 3.44. The van der Waals surface area contributed by atoms with E-state index in [4.69, 9.17) is 4.74 Å². The summed E-state index contributed by atoms with van der Waals surface area (Å²) in [6.45, 7) is 0.0833. The molecule has 0 atom stereocenters. The molecule has 0 aliphatic heterocycles. The molecule has 0 aliphatic carbocycles. The van der Waals surface area contributed by atoms with Crippen LogP contribution in [-0.2, 0) is 13.7 Å². The smallest absolute Gasteiger partial charge is 0.272 e. The number of hydrogen-bond donors (Lipinski definition) is 1. The van der Waals surface area contributed by atoms with Gasteiger partial charge in [-0.3, -0.25) is 18.6 Å². The minimum atomic E-state index is -0.268. The SMILES string of the molecule is Cn1c(=O)c2sccc2n2c(COc3ccccc3C(=O)Nc3ccccc3)nnc12. The van der Waals surface area contributed by atoms with Gasteiger partial charge in [-0.25, -0.2) is 0 Å². The summed E-state index contributed by atoms with van der Waals surface area (Å²) in [5, 5.41) is 13.1. The number of thiophene rings is 1. The van der Waals surface area contributed by atoms with Gasteiger partial charge in [-0.15, -0.1) is 21.5 Å². The second-order valence-electron chi connectivity index (χ2n) is 6.86. The van der Waals surface area contributed by atoms with Crippen molar-refractivity contribution in [2.45, 2.75) is 6.61 Å². The van der Waals surface area contributed by atoms with E-state index in [9.17, 15) is 9.59 Å². The molecule has 3 heterocycles. The summed E-state index contributed by atoms with van der Waals surface area (Å²) < 4.78 is 9.87. The summed E-state index contributed by atoms with van der Waals surface area (Å²) in [6, 6.07) is 18.1. The van der Waals surface area contributed by atoms with Crippen LogP contribution >= 0.6 is 11.3 Å². The molecule has 0 saturated carbocycles. The quantitative estimate of drug-likeness (QED) is 0.460. The average molecular weight is 431 g/mol. The molecule has 0 radical (unpaired) electrons. The topological polar surface area (TPSA) is 90.5 Å². The Morgan fingerprint density at radius 1 is 1.06 bits per heavy atom. The predicted octanol–water partition coefficient (Wildman–Crippen LogP) is 3.47. The van der Waals surface area contributed by atoms with Crippen LogP contribution in [0.5, 0.6) is 5.75 Å². The monoisotopic (exact) mass is 431 g/mol. The molecule has 1 amide bonds. The Morgan fingerprint density at radius 3 is 2.68 bits per heavy atom. The molecule has 0 unspecified atom stereocenters. The van der Waals surface area contributed by atoms with Crippen molar-refractivity contribution in [3.05, 3.63) is 87.8 Å². The van der Waals surface area contributed by atoms with E-state index in [-0.39, 0.29) is 18.1 Å². The summed E-state index contributed by atoms with van der Waals surface area (Å²) in [5.74, 6) is 1.13. The Morgan fingerprint density at radius 2 is 1.84 bits per heavy atom. The molecule has 154 valence electrons. The number of fused-ring (bicyclic) bond motifs is 3. The molecule has 5 rings (SSSR count). The van der Waals surface area contributed by atoms with Crippen LogP contribution in [0.4, 0.5) is 5.69 Å². The number of nitrogens with zero attached hydrogens (tertiary/aromatic N) is 4. The van der Waals surface area contributed by atoms with Crippen LogP contribution in [-0.4, -0.2) is 25.1 Å². The zero-order valence-corrected chi connectivity index (χ0v) is 17.3. The number of nitrogens with one attached hydrogen (secondary N) is 1. The van der Waals surface area contributed by atoms with Gasteiger partial charge in [0.2, 0.25) is 5.78 Å². The number of anilines is 1. The number of rotatable bonds is 5. The van der Waals surface area contributed by atoms with Crippen LogP contribution in [0.1, 0.15) is 16.2 Å². The number of aromatic nitrogens is 4. The van der Waals surface area contributed by atoms with Gasteiger partial charge in [-0.05, 0) is 35.7 Å². The normalized spacial score (nSPS) is 11.1. The van der Waals surface area contributed by atoms with Gasteiger partial charge in [0.25, 0.3) is 11.5 Å². The second-order valence-corrected chi connectivity index (χ2v) is 7.77. The summed E-state index contributed by atoms with van der Waals surface area (Å²) in [5.41, 5.74) is 1.74. The van der Waals surface area contributed by atoms with Gasteiger partial charge >= 0.3 is 0 Å². The standard InChI is InChI=1S/C22H17N5O3S/c1-26-21(29)19-16(11-12-31-19)27-18(24-25-22(26)27)13-30-17-10-6-5-9-15(17)20(28)23-14-7-3-2-4-8-14/h2-12H,13H2,1H3,(H,23,28). The van der Waals surface area contributed by atoms with Crippen LogP contribution in [0.2, 0.25) is 0 Å². The maximum atomic E-state index is 12.8. The fraction of sp³-hybridized carbons (Fsp3) is 0.0909. The van der Waals surface area contributed by atoms with Crippen LogP contribution in [0.15, 0.2) is 70.8 Å². The van der Waals surface area contributed by atoms with Crippen LogP contribution in [0.25, 0.3) is 16.0 Å². The Balaban J connectivity index is 1.46. The van der Waals surface area contributed by atoms with Gasteiger partial charge in [0, 0.05) is 12.7 Å². The van der Waals surface area contributed by atoms with Gasteiger partial charge in [0.1, 0.15) is 17.1 Å². The van der Waals surface area contributed by atoms with E-state index in [2.05, 4.69) is 15.5 Å². The fourth-order valence-corrected chi connectivity index (χ4v) is 4.24. The van der Waals surface area contributed by atoms with Crippen LogP contribution in [0.3, 0.4) is 0 Å². The van der Waals surface area contributed by atoms with Crippen molar-refractivity contribution in [2.75, 3.05) is 5.32 Å². The van der Waals surface area contributed by atoms with Crippen molar-refractivity contribution in [1.29, 1.82) is 0 Å². The third kappa shape index (κ3) is 3.34. The molecular weight excluding hydrogens is 414 g/mol. The molecular formula is C22H17N5O3S. The summed E-state index contributed by atoms with van der Waals surface area (Å²) in [6.07, 6.45) is 0. The highest BCUT2D eigenvalue weighted by Crippen LogP contribution is 2.23. The summed E-state index contributed by atoms with van der Waals surface area (Å²) in [4.78, 5) is 25.2. The minimum absolute atomic E-state index is 0.0833. The van der Waals surface area contributed by atoms with E-state index in [1.54, 1.807) is 35.7 Å². The molecule has 0 fully saturated rings. The first-order valence-electron chi connectivity index (χ1n) is 9.52. The fourth-order valence-electron chi connectivity index (χ4n) is 3.39. The van der Waals surface area contributed by atoms with E-state index in [1.165, 1.54) is 15.9 Å². The number of amides is 1. The van der Waals surface area contributed by atoms with Crippen molar-refractivity contribution >= 4 is 38.9 Å². The molecule has 5 aromatic rings. The second kappa shape index (κ2) is 7.69. The Hall–Kier alpha value is -3.98. The summed E-state index contributed by atoms with van der Waals surface area (Å²) >= 11 is 1.37. The number of ether oxygens (including phenoxy) is 1. The van der Waals surface area contributed by atoms with Gasteiger partial charge in [-0.1, -0.05) is 30.3 Å². The molecule has 0 saturated heterocycles. The Kier molecular flexibility index (Phi) is 4.72. The number of benzene rings is 2. The first kappa shape index (κ1) is 19.0. The molecule has 3 aromatic heterocycles. The van der Waals surface area contributed by atoms with E-state index in [0.29, 0.717) is 33.3 Å². The highest BCUT2D eigenvalue weighted by molar-refractivity contribution is 7.17. The highest BCUT2D eigenvalue weighted by atomic mass is 32.1. The van der Waals surface area contributed by atoms with Crippen molar-refractivity contribution < 1.29 is 9.53 Å². The third-order valence-corrected chi connectivity index (χ3v) is 5.81. The molecule has 2 aromatic carbocycles. The zero-order chi connectivity index (χ0) is 21.4. The maximum Gasteiger partial charge on any atom is 0.272 e. The molecule has 0 aliphatic rings. The van der Waals surface area contributed by atoms with E-state index in [0.717, 1.165) is 5.52 Å². The molecule has 0 spiro atoms. The maximum absolute atomic E-state index is 12.8. The first-order valence-corrected chi connectivity index (χ1v) is 10.4. The molecule has 8 nitrogen and oxygen atoms in total. The first-order chi connectivity index (χ1) is 15.1. The Bertz CT molecular complexity index is 1470. The predicted molar refractivity (Wildman–Crippen MR) is 119 cm³/mol. The van der Waals surface area contributed by atoms with Crippen LogP contribution in [0, 0.1) is 0 Å². The minimum Gasteiger partial charge on any atom is -0.485 e.